The molecule has 0 spiro atoms. The summed E-state index contributed by atoms with van der Waals surface area (Å²) in [6.07, 6.45) is 5.32. The van der Waals surface area contributed by atoms with Crippen molar-refractivity contribution in [2.24, 2.45) is 0 Å². The highest BCUT2D eigenvalue weighted by atomic mass is 32.2. The van der Waals surface area contributed by atoms with Crippen LogP contribution in [0.3, 0.4) is 0 Å². The highest BCUT2D eigenvalue weighted by molar-refractivity contribution is 7.99. The molecule has 0 saturated carbocycles. The van der Waals surface area contributed by atoms with Crippen molar-refractivity contribution < 1.29 is 0 Å². The van der Waals surface area contributed by atoms with Crippen molar-refractivity contribution in [3.05, 3.63) is 95.7 Å². The van der Waals surface area contributed by atoms with Crippen LogP contribution in [-0.2, 0) is 0 Å². The van der Waals surface area contributed by atoms with Gasteiger partial charge in [-0.3, -0.25) is 14.3 Å². The minimum absolute atomic E-state index is 0.0907. The molecule has 0 radical (unpaired) electrons. The van der Waals surface area contributed by atoms with Crippen LogP contribution in [0, 0.1) is 0 Å². The van der Waals surface area contributed by atoms with E-state index in [9.17, 15) is 4.79 Å². The first-order chi connectivity index (χ1) is 13.8. The summed E-state index contributed by atoms with van der Waals surface area (Å²) in [5.74, 6) is 0.956. The normalized spacial score (nSPS) is 10.8. The van der Waals surface area contributed by atoms with E-state index in [1.807, 2.05) is 66.7 Å². The lowest BCUT2D eigenvalue weighted by atomic mass is 10.00. The fraction of sp³-hybridized carbons (Fsp3) is 0.0870. The second-order valence-electron chi connectivity index (χ2n) is 6.15. The van der Waals surface area contributed by atoms with Crippen LogP contribution >= 0.6 is 11.8 Å². The average molecular weight is 385 g/mol. The van der Waals surface area contributed by atoms with Crippen LogP contribution in [0.15, 0.2) is 95.1 Å². The number of para-hydroxylation sites is 1. The van der Waals surface area contributed by atoms with E-state index in [-0.39, 0.29) is 5.56 Å². The Hall–Kier alpha value is -3.18. The summed E-state index contributed by atoms with van der Waals surface area (Å²) in [7, 11) is 0. The zero-order chi connectivity index (χ0) is 19.3. The largest absolute Gasteiger partial charge is 0.284 e. The maximum Gasteiger partial charge on any atom is 0.263 e. The molecular formula is C23H19N3OS. The van der Waals surface area contributed by atoms with Gasteiger partial charge in [0.05, 0.1) is 16.3 Å². The smallest absolute Gasteiger partial charge is 0.263 e. The first-order valence-corrected chi connectivity index (χ1v) is 10.1. The maximum atomic E-state index is 13.5. The molecule has 0 N–H and O–H groups in total. The SMILES string of the molecule is CCSc1ccc(-c2c(-c3ccccn3)ccn(-c3ccccc3)c2=O)cn1. The van der Waals surface area contributed by atoms with Crippen molar-refractivity contribution in [2.45, 2.75) is 11.9 Å². The molecule has 4 aromatic rings. The van der Waals surface area contributed by atoms with E-state index in [0.717, 1.165) is 33.3 Å². The molecule has 0 fully saturated rings. The Kier molecular flexibility index (Phi) is 5.35. The second-order valence-corrected chi connectivity index (χ2v) is 7.43. The standard InChI is InChI=1S/C23H19N3OS/c1-2-28-21-12-11-17(16-25-21)22-19(20-10-6-7-14-24-20)13-15-26(23(22)27)18-8-4-3-5-9-18/h3-16H,2H2,1H3. The summed E-state index contributed by atoms with van der Waals surface area (Å²) in [5, 5.41) is 0.949. The van der Waals surface area contributed by atoms with Crippen LogP contribution in [0.25, 0.3) is 28.1 Å². The Morgan fingerprint density at radius 3 is 2.43 bits per heavy atom. The topological polar surface area (TPSA) is 47.8 Å². The lowest BCUT2D eigenvalue weighted by molar-refractivity contribution is 0.992. The molecular weight excluding hydrogens is 366 g/mol. The van der Waals surface area contributed by atoms with E-state index in [0.29, 0.717) is 5.56 Å². The van der Waals surface area contributed by atoms with Gasteiger partial charge in [-0.15, -0.1) is 11.8 Å². The van der Waals surface area contributed by atoms with E-state index in [4.69, 9.17) is 0 Å². The van der Waals surface area contributed by atoms with Crippen molar-refractivity contribution >= 4 is 11.8 Å². The molecule has 0 saturated heterocycles. The zero-order valence-corrected chi connectivity index (χ0v) is 16.3. The zero-order valence-electron chi connectivity index (χ0n) is 15.4. The molecule has 3 heterocycles. The van der Waals surface area contributed by atoms with Crippen LogP contribution < -0.4 is 5.56 Å². The molecule has 138 valence electrons. The van der Waals surface area contributed by atoms with Gasteiger partial charge in [0.2, 0.25) is 0 Å². The Morgan fingerprint density at radius 1 is 0.929 bits per heavy atom. The third kappa shape index (κ3) is 3.62. The molecule has 3 aromatic heterocycles. The summed E-state index contributed by atoms with van der Waals surface area (Å²) in [5.41, 5.74) is 3.69. The van der Waals surface area contributed by atoms with Crippen LogP contribution in [0.2, 0.25) is 0 Å². The Balaban J connectivity index is 1.93. The average Bonchev–Trinajstić information content (AvgIpc) is 2.76. The number of pyridine rings is 3. The van der Waals surface area contributed by atoms with Crippen molar-refractivity contribution in [1.82, 2.24) is 14.5 Å². The Morgan fingerprint density at radius 2 is 1.75 bits per heavy atom. The molecule has 0 aliphatic rings. The van der Waals surface area contributed by atoms with Crippen molar-refractivity contribution in [2.75, 3.05) is 5.75 Å². The quantitative estimate of drug-likeness (QED) is 0.450. The summed E-state index contributed by atoms with van der Waals surface area (Å²) in [4.78, 5) is 22.4. The van der Waals surface area contributed by atoms with Gasteiger partial charge in [0.25, 0.3) is 5.56 Å². The molecule has 0 aliphatic heterocycles. The molecule has 0 amide bonds. The molecule has 0 bridgehead atoms. The van der Waals surface area contributed by atoms with Crippen LogP contribution in [0.5, 0.6) is 0 Å². The van der Waals surface area contributed by atoms with Crippen molar-refractivity contribution in [3.63, 3.8) is 0 Å². The van der Waals surface area contributed by atoms with Crippen LogP contribution in [0.1, 0.15) is 6.92 Å². The minimum atomic E-state index is -0.0907. The minimum Gasteiger partial charge on any atom is -0.284 e. The van der Waals surface area contributed by atoms with Gasteiger partial charge in [-0.25, -0.2) is 4.98 Å². The summed E-state index contributed by atoms with van der Waals surface area (Å²) < 4.78 is 1.66. The van der Waals surface area contributed by atoms with Gasteiger partial charge in [-0.05, 0) is 48.2 Å². The third-order valence-corrected chi connectivity index (χ3v) is 5.21. The molecule has 28 heavy (non-hydrogen) atoms. The molecule has 1 aromatic carbocycles. The Bertz CT molecular complexity index is 1120. The van der Waals surface area contributed by atoms with Gasteiger partial charge in [-0.1, -0.05) is 31.2 Å². The van der Waals surface area contributed by atoms with Crippen molar-refractivity contribution in [3.8, 4) is 28.1 Å². The monoisotopic (exact) mass is 385 g/mol. The Labute approximate surface area is 167 Å². The molecule has 0 unspecified atom stereocenters. The number of hydrogen-bond acceptors (Lipinski definition) is 4. The van der Waals surface area contributed by atoms with E-state index in [1.54, 1.807) is 34.9 Å². The fourth-order valence-electron chi connectivity index (χ4n) is 3.10. The molecule has 4 nitrogen and oxygen atoms in total. The highest BCUT2D eigenvalue weighted by Gasteiger charge is 2.16. The summed E-state index contributed by atoms with van der Waals surface area (Å²) >= 11 is 1.68. The fourth-order valence-corrected chi connectivity index (χ4v) is 3.69. The van der Waals surface area contributed by atoms with Gasteiger partial charge < -0.3 is 0 Å². The van der Waals surface area contributed by atoms with Gasteiger partial charge in [0.1, 0.15) is 0 Å². The first-order valence-electron chi connectivity index (χ1n) is 9.09. The lowest BCUT2D eigenvalue weighted by Gasteiger charge is -2.13. The summed E-state index contributed by atoms with van der Waals surface area (Å²) in [6.45, 7) is 2.09. The highest BCUT2D eigenvalue weighted by Crippen LogP contribution is 2.29. The lowest BCUT2D eigenvalue weighted by Crippen LogP contribution is -2.20. The summed E-state index contributed by atoms with van der Waals surface area (Å²) in [6, 6.07) is 21.2. The number of benzene rings is 1. The number of thioether (sulfide) groups is 1. The van der Waals surface area contributed by atoms with Gasteiger partial charge in [0.15, 0.2) is 0 Å². The molecule has 5 heteroatoms. The first kappa shape index (κ1) is 18.2. The van der Waals surface area contributed by atoms with Gasteiger partial charge in [0, 0.05) is 35.4 Å². The van der Waals surface area contributed by atoms with Gasteiger partial charge in [-0.2, -0.15) is 0 Å². The number of hydrogen-bond donors (Lipinski definition) is 0. The van der Waals surface area contributed by atoms with E-state index < -0.39 is 0 Å². The van der Waals surface area contributed by atoms with Crippen LogP contribution in [0.4, 0.5) is 0 Å². The third-order valence-electron chi connectivity index (χ3n) is 4.38. The predicted octanol–water partition coefficient (Wildman–Crippen LogP) is 5.07. The molecule has 4 rings (SSSR count). The predicted molar refractivity (Wildman–Crippen MR) is 115 cm³/mol. The number of rotatable bonds is 5. The number of aromatic nitrogens is 3. The van der Waals surface area contributed by atoms with E-state index in [2.05, 4.69) is 16.9 Å². The van der Waals surface area contributed by atoms with E-state index >= 15 is 0 Å². The molecule has 0 aliphatic carbocycles. The van der Waals surface area contributed by atoms with E-state index in [1.165, 1.54) is 0 Å². The van der Waals surface area contributed by atoms with Gasteiger partial charge >= 0.3 is 0 Å². The second kappa shape index (κ2) is 8.23. The number of nitrogens with zero attached hydrogens (tertiary/aromatic N) is 3. The van der Waals surface area contributed by atoms with Crippen LogP contribution in [-0.4, -0.2) is 20.3 Å². The maximum absolute atomic E-state index is 13.5. The van der Waals surface area contributed by atoms with Crippen molar-refractivity contribution in [1.29, 1.82) is 0 Å². The molecule has 0 atom stereocenters.